The molecule has 0 bridgehead atoms. The fourth-order valence-electron chi connectivity index (χ4n) is 1.07. The molecule has 0 spiro atoms. The van der Waals surface area contributed by atoms with Gasteiger partial charge in [0.1, 0.15) is 11.8 Å². The van der Waals surface area contributed by atoms with E-state index in [1.165, 1.54) is 30.3 Å². The molecule has 0 radical (unpaired) electrons. The molecular formula is C10H9ClNNaO3S. The van der Waals surface area contributed by atoms with Crippen LogP contribution in [0, 0.1) is 11.3 Å². The molecule has 17 heavy (non-hydrogen) atoms. The Hall–Kier alpha value is -0.510. The summed E-state index contributed by atoms with van der Waals surface area (Å²) in [4.78, 5) is -0.739. The SMILES string of the molecule is C/C(O)=C(/C#N)S(=O)(=O)c1ccc(Cl)cc1.[H-].[Na+]. The molecule has 0 amide bonds. The average Bonchev–Trinajstić information content (AvgIpc) is 2.18. The van der Waals surface area contributed by atoms with Gasteiger partial charge < -0.3 is 6.53 Å². The van der Waals surface area contributed by atoms with Gasteiger partial charge in [-0.15, -0.1) is 0 Å². The van der Waals surface area contributed by atoms with E-state index in [4.69, 9.17) is 22.0 Å². The number of sulfone groups is 1. The van der Waals surface area contributed by atoms with E-state index in [-0.39, 0.29) is 35.9 Å². The first-order chi connectivity index (χ1) is 7.39. The van der Waals surface area contributed by atoms with E-state index >= 15 is 0 Å². The summed E-state index contributed by atoms with van der Waals surface area (Å²) in [5, 5.41) is 18.2. The molecular weight excluding hydrogens is 273 g/mol. The molecule has 0 aromatic heterocycles. The second-order valence-corrected chi connectivity index (χ2v) is 5.31. The van der Waals surface area contributed by atoms with Gasteiger partial charge in [-0.25, -0.2) is 8.42 Å². The maximum Gasteiger partial charge on any atom is 1.00 e. The smallest absolute Gasteiger partial charge is 1.00 e. The van der Waals surface area contributed by atoms with Crippen molar-refractivity contribution in [2.24, 2.45) is 0 Å². The standard InChI is InChI=1S/C10H8ClNO3S.Na.H/c1-7(13)10(6-12)16(14,15)9-4-2-8(11)3-5-9;;/h2-5,13H,1H3;;/q;+1;-1/b10-7+;;. The molecule has 0 unspecified atom stereocenters. The summed E-state index contributed by atoms with van der Waals surface area (Å²) < 4.78 is 23.7. The number of hydrogen-bond acceptors (Lipinski definition) is 4. The zero-order valence-electron chi connectivity index (χ0n) is 10.3. The Bertz CT molecular complexity index is 574. The van der Waals surface area contributed by atoms with Crippen LogP contribution >= 0.6 is 11.6 Å². The quantitative estimate of drug-likeness (QED) is 0.452. The number of halogens is 1. The molecule has 0 aliphatic carbocycles. The van der Waals surface area contributed by atoms with E-state index < -0.39 is 20.5 Å². The van der Waals surface area contributed by atoms with Crippen LogP contribution in [0.25, 0.3) is 0 Å². The second-order valence-electron chi connectivity index (χ2n) is 2.98. The van der Waals surface area contributed by atoms with Crippen LogP contribution in [-0.4, -0.2) is 13.5 Å². The van der Waals surface area contributed by atoms with Crippen LogP contribution in [0.2, 0.25) is 5.02 Å². The summed E-state index contributed by atoms with van der Waals surface area (Å²) in [5.74, 6) is -0.530. The van der Waals surface area contributed by atoms with Gasteiger partial charge in [-0.05, 0) is 31.2 Å². The Labute approximate surface area is 128 Å². The Morgan fingerprint density at radius 1 is 1.41 bits per heavy atom. The summed E-state index contributed by atoms with van der Waals surface area (Å²) in [5.41, 5.74) is 0. The van der Waals surface area contributed by atoms with Crippen molar-refractivity contribution in [1.29, 1.82) is 5.26 Å². The van der Waals surface area contributed by atoms with Gasteiger partial charge in [-0.1, -0.05) is 11.6 Å². The van der Waals surface area contributed by atoms with Crippen molar-refractivity contribution in [3.05, 3.63) is 40.0 Å². The predicted octanol–water partition coefficient (Wildman–Crippen LogP) is -0.457. The van der Waals surface area contributed by atoms with Crippen molar-refractivity contribution in [1.82, 2.24) is 0 Å². The van der Waals surface area contributed by atoms with E-state index in [1.807, 2.05) is 0 Å². The molecule has 1 aromatic rings. The molecule has 0 saturated heterocycles. The summed E-state index contributed by atoms with van der Waals surface area (Å²) in [6, 6.07) is 6.81. The van der Waals surface area contributed by atoms with E-state index in [2.05, 4.69) is 0 Å². The summed E-state index contributed by atoms with van der Waals surface area (Å²) in [6.07, 6.45) is 0. The average molecular weight is 282 g/mol. The molecule has 4 nitrogen and oxygen atoms in total. The van der Waals surface area contributed by atoms with Crippen molar-refractivity contribution in [3.63, 3.8) is 0 Å². The minimum Gasteiger partial charge on any atom is -1.00 e. The zero-order valence-corrected chi connectivity index (χ0v) is 12.9. The molecule has 0 fully saturated rings. The first-order valence-corrected chi connectivity index (χ1v) is 6.06. The normalized spacial score (nSPS) is 12.1. The minimum atomic E-state index is -3.96. The van der Waals surface area contributed by atoms with Gasteiger partial charge >= 0.3 is 29.6 Å². The zero-order chi connectivity index (χ0) is 12.3. The van der Waals surface area contributed by atoms with Gasteiger partial charge in [0.2, 0.25) is 9.84 Å². The van der Waals surface area contributed by atoms with Crippen LogP contribution < -0.4 is 29.6 Å². The summed E-state index contributed by atoms with van der Waals surface area (Å²) in [7, 11) is -3.96. The number of allylic oxidation sites excluding steroid dienone is 2. The van der Waals surface area contributed by atoms with Gasteiger partial charge in [0.15, 0.2) is 4.91 Å². The molecule has 0 atom stereocenters. The topological polar surface area (TPSA) is 78.2 Å². The Balaban J connectivity index is 0. The third-order valence-corrected chi connectivity index (χ3v) is 3.89. The molecule has 0 heterocycles. The third-order valence-electron chi connectivity index (χ3n) is 1.82. The maximum atomic E-state index is 11.8. The molecule has 1 N–H and O–H groups in total. The molecule has 1 rings (SSSR count). The molecule has 1 aromatic carbocycles. The number of rotatable bonds is 2. The Kier molecular flexibility index (Phi) is 6.24. The molecule has 7 heteroatoms. The Morgan fingerprint density at radius 3 is 2.24 bits per heavy atom. The Morgan fingerprint density at radius 2 is 1.88 bits per heavy atom. The van der Waals surface area contributed by atoms with E-state index in [9.17, 15) is 8.42 Å². The van der Waals surface area contributed by atoms with Crippen molar-refractivity contribution in [2.45, 2.75) is 11.8 Å². The largest absolute Gasteiger partial charge is 1.00 e. The number of aliphatic hydroxyl groups is 1. The van der Waals surface area contributed by atoms with Gasteiger partial charge in [0.25, 0.3) is 0 Å². The van der Waals surface area contributed by atoms with Crippen molar-refractivity contribution >= 4 is 21.4 Å². The van der Waals surface area contributed by atoms with Crippen LogP contribution in [0.1, 0.15) is 8.35 Å². The fourth-order valence-corrected chi connectivity index (χ4v) is 2.43. The first kappa shape index (κ1) is 16.5. The first-order valence-electron chi connectivity index (χ1n) is 4.20. The van der Waals surface area contributed by atoms with Crippen LogP contribution in [-0.2, 0) is 9.84 Å². The van der Waals surface area contributed by atoms with Gasteiger partial charge in [-0.3, -0.25) is 0 Å². The van der Waals surface area contributed by atoms with Gasteiger partial charge in [-0.2, -0.15) is 5.26 Å². The monoisotopic (exact) mass is 281 g/mol. The van der Waals surface area contributed by atoms with Gasteiger partial charge in [0.05, 0.1) is 4.90 Å². The van der Waals surface area contributed by atoms with Crippen molar-refractivity contribution < 1.29 is 44.5 Å². The van der Waals surface area contributed by atoms with Crippen LogP contribution in [0.3, 0.4) is 0 Å². The molecule has 0 aliphatic rings. The number of nitrogens with zero attached hydrogens (tertiary/aromatic N) is 1. The molecule has 0 aliphatic heterocycles. The molecule has 86 valence electrons. The summed E-state index contributed by atoms with van der Waals surface area (Å²) >= 11 is 5.62. The summed E-state index contributed by atoms with van der Waals surface area (Å²) in [6.45, 7) is 1.14. The van der Waals surface area contributed by atoms with Crippen molar-refractivity contribution in [3.8, 4) is 6.07 Å². The second kappa shape index (κ2) is 6.43. The van der Waals surface area contributed by atoms with E-state index in [1.54, 1.807) is 0 Å². The van der Waals surface area contributed by atoms with E-state index in [0.717, 1.165) is 6.92 Å². The van der Waals surface area contributed by atoms with E-state index in [0.29, 0.717) is 5.02 Å². The van der Waals surface area contributed by atoms with Crippen LogP contribution in [0.15, 0.2) is 39.8 Å². The van der Waals surface area contributed by atoms with Gasteiger partial charge in [0, 0.05) is 5.02 Å². The predicted molar refractivity (Wildman–Crippen MR) is 60.7 cm³/mol. The van der Waals surface area contributed by atoms with Crippen molar-refractivity contribution in [2.75, 3.05) is 0 Å². The fraction of sp³-hybridized carbons (Fsp3) is 0.100. The maximum absolute atomic E-state index is 11.8. The number of hydrogen-bond donors (Lipinski definition) is 1. The minimum absolute atomic E-state index is 0. The van der Waals surface area contributed by atoms with Crippen LogP contribution in [0.5, 0.6) is 0 Å². The number of benzene rings is 1. The number of aliphatic hydroxyl groups excluding tert-OH is 1. The molecule has 0 saturated carbocycles. The van der Waals surface area contributed by atoms with Crippen LogP contribution in [0.4, 0.5) is 0 Å². The number of nitriles is 1. The third kappa shape index (κ3) is 3.73.